The Labute approximate surface area is 195 Å². The summed E-state index contributed by atoms with van der Waals surface area (Å²) in [4.78, 5) is 27.7. The predicted octanol–water partition coefficient (Wildman–Crippen LogP) is 5.94. The molecule has 0 spiro atoms. The highest BCUT2D eigenvalue weighted by Gasteiger charge is 2.19. The van der Waals surface area contributed by atoms with E-state index in [9.17, 15) is 4.79 Å². The molecule has 0 radical (unpaired) electrons. The molecular formula is C23H25ClN6OS. The van der Waals surface area contributed by atoms with Gasteiger partial charge in [0.05, 0.1) is 26.0 Å². The van der Waals surface area contributed by atoms with Crippen molar-refractivity contribution in [3.05, 3.63) is 52.5 Å². The Kier molecular flexibility index (Phi) is 6.17. The van der Waals surface area contributed by atoms with E-state index in [0.29, 0.717) is 27.3 Å². The summed E-state index contributed by atoms with van der Waals surface area (Å²) < 4.78 is 2.03. The molecule has 4 rings (SSSR count). The smallest absolute Gasteiger partial charge is 0.268 e. The number of fused-ring (bicyclic) bond motifs is 1. The van der Waals surface area contributed by atoms with Crippen molar-refractivity contribution in [3.63, 3.8) is 0 Å². The molecule has 1 amide bonds. The lowest BCUT2D eigenvalue weighted by Crippen LogP contribution is -2.17. The lowest BCUT2D eigenvalue weighted by atomic mass is 9.92. The number of nitrogens with one attached hydrogen (secondary N) is 2. The first-order valence-corrected chi connectivity index (χ1v) is 11.5. The van der Waals surface area contributed by atoms with Crippen LogP contribution in [0.25, 0.3) is 21.6 Å². The van der Waals surface area contributed by atoms with E-state index in [1.165, 1.54) is 11.3 Å². The summed E-state index contributed by atoms with van der Waals surface area (Å²) in [7, 11) is 1.77. The number of thiophene rings is 1. The second kappa shape index (κ2) is 8.88. The van der Waals surface area contributed by atoms with Crippen molar-refractivity contribution < 1.29 is 4.79 Å². The van der Waals surface area contributed by atoms with Crippen LogP contribution in [0, 0.1) is 5.41 Å². The van der Waals surface area contributed by atoms with Gasteiger partial charge in [-0.2, -0.15) is 0 Å². The van der Waals surface area contributed by atoms with Crippen molar-refractivity contribution in [2.45, 2.75) is 33.7 Å². The van der Waals surface area contributed by atoms with E-state index >= 15 is 0 Å². The number of hydrogen-bond acceptors (Lipinski definition) is 6. The molecule has 3 aromatic heterocycles. The first-order chi connectivity index (χ1) is 15.2. The van der Waals surface area contributed by atoms with Crippen molar-refractivity contribution in [3.8, 4) is 10.6 Å². The van der Waals surface area contributed by atoms with Crippen LogP contribution < -0.4 is 10.6 Å². The van der Waals surface area contributed by atoms with Crippen LogP contribution in [0.4, 0.5) is 11.9 Å². The monoisotopic (exact) mass is 468 g/mol. The Hall–Kier alpha value is -2.97. The third-order valence-corrected chi connectivity index (χ3v) is 6.41. The fraction of sp³-hybridized carbons (Fsp3) is 0.304. The highest BCUT2D eigenvalue weighted by molar-refractivity contribution is 7.17. The molecule has 0 saturated carbocycles. The van der Waals surface area contributed by atoms with Gasteiger partial charge in [0, 0.05) is 19.8 Å². The number of anilines is 2. The third kappa shape index (κ3) is 4.76. The second-order valence-corrected chi connectivity index (χ2v) is 10.1. The summed E-state index contributed by atoms with van der Waals surface area (Å²) in [6.45, 7) is 7.30. The van der Waals surface area contributed by atoms with Crippen molar-refractivity contribution in [2.24, 2.45) is 5.41 Å². The van der Waals surface area contributed by atoms with Crippen LogP contribution >= 0.6 is 22.9 Å². The molecule has 0 fully saturated rings. The molecule has 0 aliphatic heterocycles. The molecule has 0 unspecified atom stereocenters. The number of aromatic nitrogens is 4. The average Bonchev–Trinajstić information content (AvgIpc) is 3.38. The maximum atomic E-state index is 13.1. The van der Waals surface area contributed by atoms with Crippen LogP contribution in [-0.4, -0.2) is 32.5 Å². The van der Waals surface area contributed by atoms with E-state index in [0.717, 1.165) is 29.1 Å². The molecule has 0 atom stereocenters. The highest BCUT2D eigenvalue weighted by Crippen LogP contribution is 2.31. The van der Waals surface area contributed by atoms with Gasteiger partial charge in [0.2, 0.25) is 11.9 Å². The lowest BCUT2D eigenvalue weighted by Gasteiger charge is -2.19. The van der Waals surface area contributed by atoms with E-state index in [-0.39, 0.29) is 11.3 Å². The molecule has 4 aromatic rings. The zero-order chi connectivity index (χ0) is 22.9. The molecular weight excluding hydrogens is 444 g/mol. The van der Waals surface area contributed by atoms with Gasteiger partial charge in [-0.1, -0.05) is 38.4 Å². The third-order valence-electron chi connectivity index (χ3n) is 5.00. The van der Waals surface area contributed by atoms with Crippen molar-refractivity contribution in [1.29, 1.82) is 0 Å². The number of halogens is 1. The standard InChI is InChI=1S/C23H25ClN6OS/c1-23(2,3)11-13-30-16-7-5-6-14(24)19(16)28-22(30)29-20(31)18-9-8-17(32-18)15-10-12-26-21(25-4)27-15/h5-10,12H,11,13H2,1-4H3,(H,25,26,27)(H,28,29,31). The minimum Gasteiger partial charge on any atom is -0.357 e. The number of amides is 1. The molecule has 32 heavy (non-hydrogen) atoms. The van der Waals surface area contributed by atoms with Crippen LogP contribution in [-0.2, 0) is 6.54 Å². The van der Waals surface area contributed by atoms with Gasteiger partial charge < -0.3 is 9.88 Å². The maximum absolute atomic E-state index is 13.1. The Bertz CT molecular complexity index is 1270. The Morgan fingerprint density at radius 2 is 1.97 bits per heavy atom. The van der Waals surface area contributed by atoms with Gasteiger partial charge in [-0.3, -0.25) is 10.1 Å². The number of para-hydroxylation sites is 1. The fourth-order valence-corrected chi connectivity index (χ4v) is 4.34. The van der Waals surface area contributed by atoms with E-state index in [2.05, 4.69) is 46.4 Å². The molecule has 3 heterocycles. The van der Waals surface area contributed by atoms with Gasteiger partial charge >= 0.3 is 0 Å². The van der Waals surface area contributed by atoms with E-state index in [4.69, 9.17) is 11.6 Å². The van der Waals surface area contributed by atoms with Crippen LogP contribution in [0.1, 0.15) is 36.9 Å². The minimum absolute atomic E-state index is 0.142. The van der Waals surface area contributed by atoms with Gasteiger partial charge in [-0.05, 0) is 42.2 Å². The SMILES string of the molecule is CNc1nccc(-c2ccc(C(=O)Nc3nc4c(Cl)cccc4n3CCC(C)(C)C)s2)n1. The number of rotatable bonds is 6. The first kappa shape index (κ1) is 22.2. The van der Waals surface area contributed by atoms with Crippen molar-refractivity contribution >= 4 is 51.8 Å². The largest absolute Gasteiger partial charge is 0.357 e. The molecule has 0 saturated heterocycles. The van der Waals surface area contributed by atoms with Gasteiger partial charge in [-0.15, -0.1) is 11.3 Å². The summed E-state index contributed by atoms with van der Waals surface area (Å²) >= 11 is 7.75. The normalized spacial score (nSPS) is 11.7. The summed E-state index contributed by atoms with van der Waals surface area (Å²) in [6, 6.07) is 11.2. The second-order valence-electron chi connectivity index (χ2n) is 8.64. The van der Waals surface area contributed by atoms with Crippen molar-refractivity contribution in [2.75, 3.05) is 17.7 Å². The number of aryl methyl sites for hydroxylation is 1. The van der Waals surface area contributed by atoms with Crippen molar-refractivity contribution in [1.82, 2.24) is 19.5 Å². The number of benzene rings is 1. The zero-order valence-electron chi connectivity index (χ0n) is 18.4. The minimum atomic E-state index is -0.215. The Morgan fingerprint density at radius 1 is 1.16 bits per heavy atom. The lowest BCUT2D eigenvalue weighted by molar-refractivity contribution is 0.102. The summed E-state index contributed by atoms with van der Waals surface area (Å²) in [5, 5.41) is 6.48. The summed E-state index contributed by atoms with van der Waals surface area (Å²) in [5.41, 5.74) is 2.50. The molecule has 0 bridgehead atoms. The molecule has 1 aromatic carbocycles. The van der Waals surface area contributed by atoms with E-state index < -0.39 is 0 Å². The zero-order valence-corrected chi connectivity index (χ0v) is 20.0. The Balaban J connectivity index is 1.62. The van der Waals surface area contributed by atoms with Gasteiger partial charge in [0.1, 0.15) is 5.52 Å². The number of carbonyl (C=O) groups is 1. The summed E-state index contributed by atoms with van der Waals surface area (Å²) in [5.74, 6) is 0.815. The molecule has 7 nitrogen and oxygen atoms in total. The quantitative estimate of drug-likeness (QED) is 0.366. The Morgan fingerprint density at radius 3 is 2.72 bits per heavy atom. The van der Waals surface area contributed by atoms with Crippen LogP contribution in [0.5, 0.6) is 0 Å². The van der Waals surface area contributed by atoms with Crippen LogP contribution in [0.15, 0.2) is 42.6 Å². The number of hydrogen-bond donors (Lipinski definition) is 2. The predicted molar refractivity (Wildman–Crippen MR) is 132 cm³/mol. The average molecular weight is 469 g/mol. The molecule has 9 heteroatoms. The number of imidazole rings is 1. The van der Waals surface area contributed by atoms with Gasteiger partial charge in [0.25, 0.3) is 5.91 Å². The van der Waals surface area contributed by atoms with E-state index in [1.807, 2.05) is 34.9 Å². The van der Waals surface area contributed by atoms with E-state index in [1.54, 1.807) is 19.3 Å². The number of nitrogens with zero attached hydrogens (tertiary/aromatic N) is 4. The summed E-state index contributed by atoms with van der Waals surface area (Å²) in [6.07, 6.45) is 2.62. The number of carbonyl (C=O) groups excluding carboxylic acids is 1. The van der Waals surface area contributed by atoms with Crippen LogP contribution in [0.3, 0.4) is 0 Å². The molecule has 0 aliphatic carbocycles. The van der Waals surface area contributed by atoms with Gasteiger partial charge in [-0.25, -0.2) is 15.0 Å². The topological polar surface area (TPSA) is 84.7 Å². The fourth-order valence-electron chi connectivity index (χ4n) is 3.26. The van der Waals surface area contributed by atoms with Gasteiger partial charge in [0.15, 0.2) is 0 Å². The molecule has 166 valence electrons. The maximum Gasteiger partial charge on any atom is 0.268 e. The van der Waals surface area contributed by atoms with Crippen LogP contribution in [0.2, 0.25) is 5.02 Å². The highest BCUT2D eigenvalue weighted by atomic mass is 35.5. The first-order valence-electron chi connectivity index (χ1n) is 10.3. The molecule has 2 N–H and O–H groups in total. The molecule has 0 aliphatic rings.